The van der Waals surface area contributed by atoms with Gasteiger partial charge in [-0.05, 0) is 24.6 Å². The van der Waals surface area contributed by atoms with E-state index in [9.17, 15) is 5.11 Å². The van der Waals surface area contributed by atoms with Gasteiger partial charge in [-0.2, -0.15) is 0 Å². The van der Waals surface area contributed by atoms with Gasteiger partial charge in [0.25, 0.3) is 0 Å². The van der Waals surface area contributed by atoms with Crippen molar-refractivity contribution in [2.75, 3.05) is 0 Å². The molecule has 88 valence electrons. The fraction of sp³-hybridized carbons (Fsp3) is 0.286. The normalized spacial score (nSPS) is 15.2. The van der Waals surface area contributed by atoms with E-state index in [0.29, 0.717) is 6.54 Å². The Hall–Kier alpha value is -1.19. The first-order valence-electron chi connectivity index (χ1n) is 5.84. The van der Waals surface area contributed by atoms with E-state index in [1.54, 1.807) is 0 Å². The van der Waals surface area contributed by atoms with Crippen LogP contribution in [-0.4, -0.2) is 15.8 Å². The first-order chi connectivity index (χ1) is 8.25. The Balaban J connectivity index is 2.12. The van der Waals surface area contributed by atoms with E-state index >= 15 is 0 Å². The standard InChI is InChI=1S/C14H15NOS/c1-10(16)8-15-7-6-11-9-17-13-5-3-2-4-12(13)14(11)15/h2-7,10,16H,8-9H2,1H3. The molecule has 1 unspecified atom stereocenters. The fourth-order valence-corrected chi connectivity index (χ4v) is 3.38. The third-order valence-corrected chi connectivity index (χ3v) is 4.16. The summed E-state index contributed by atoms with van der Waals surface area (Å²) in [6, 6.07) is 10.7. The highest BCUT2D eigenvalue weighted by Crippen LogP contribution is 2.41. The van der Waals surface area contributed by atoms with Gasteiger partial charge in [-0.3, -0.25) is 0 Å². The summed E-state index contributed by atoms with van der Waals surface area (Å²) in [6.07, 6.45) is 1.77. The van der Waals surface area contributed by atoms with Crippen LogP contribution < -0.4 is 0 Å². The number of rotatable bonds is 2. The zero-order valence-corrected chi connectivity index (χ0v) is 10.6. The number of benzene rings is 1. The van der Waals surface area contributed by atoms with Crippen LogP contribution in [0, 0.1) is 0 Å². The maximum atomic E-state index is 9.55. The first-order valence-corrected chi connectivity index (χ1v) is 6.82. The van der Waals surface area contributed by atoms with Crippen molar-refractivity contribution in [1.82, 2.24) is 4.57 Å². The van der Waals surface area contributed by atoms with Crippen molar-refractivity contribution in [2.45, 2.75) is 30.2 Å². The van der Waals surface area contributed by atoms with Crippen molar-refractivity contribution in [2.24, 2.45) is 0 Å². The highest BCUT2D eigenvalue weighted by atomic mass is 32.2. The Bertz CT molecular complexity index is 545. The monoisotopic (exact) mass is 245 g/mol. The molecular weight excluding hydrogens is 230 g/mol. The first kappa shape index (κ1) is 10.9. The van der Waals surface area contributed by atoms with Crippen LogP contribution in [0.2, 0.25) is 0 Å². The van der Waals surface area contributed by atoms with Crippen LogP contribution in [0.3, 0.4) is 0 Å². The molecule has 1 aliphatic rings. The Morgan fingerprint density at radius 2 is 2.18 bits per heavy atom. The van der Waals surface area contributed by atoms with E-state index in [1.165, 1.54) is 21.7 Å². The molecule has 0 saturated carbocycles. The molecule has 1 N–H and O–H groups in total. The Morgan fingerprint density at radius 3 is 3.00 bits per heavy atom. The van der Waals surface area contributed by atoms with Gasteiger partial charge in [0.2, 0.25) is 0 Å². The summed E-state index contributed by atoms with van der Waals surface area (Å²) in [5.74, 6) is 1.03. The van der Waals surface area contributed by atoms with Crippen LogP contribution in [0.5, 0.6) is 0 Å². The molecule has 0 saturated heterocycles. The van der Waals surface area contributed by atoms with Gasteiger partial charge in [-0.15, -0.1) is 11.8 Å². The van der Waals surface area contributed by atoms with Gasteiger partial charge in [0.05, 0.1) is 11.8 Å². The molecule has 0 spiro atoms. The molecule has 0 fully saturated rings. The summed E-state index contributed by atoms with van der Waals surface area (Å²) in [7, 11) is 0. The van der Waals surface area contributed by atoms with Gasteiger partial charge >= 0.3 is 0 Å². The second-order valence-electron chi connectivity index (χ2n) is 4.48. The Kier molecular flexibility index (Phi) is 2.73. The number of thioether (sulfide) groups is 1. The largest absolute Gasteiger partial charge is 0.392 e. The van der Waals surface area contributed by atoms with Crippen LogP contribution in [0.4, 0.5) is 0 Å². The summed E-state index contributed by atoms with van der Waals surface area (Å²) < 4.78 is 2.17. The minimum Gasteiger partial charge on any atom is -0.392 e. The van der Waals surface area contributed by atoms with E-state index in [4.69, 9.17) is 0 Å². The van der Waals surface area contributed by atoms with Crippen LogP contribution >= 0.6 is 11.8 Å². The predicted octanol–water partition coefficient (Wildman–Crippen LogP) is 3.14. The average Bonchev–Trinajstić information content (AvgIpc) is 2.72. The molecular formula is C14H15NOS. The van der Waals surface area contributed by atoms with Gasteiger partial charge in [-0.25, -0.2) is 0 Å². The van der Waals surface area contributed by atoms with Crippen molar-refractivity contribution in [1.29, 1.82) is 0 Å². The molecule has 2 aromatic rings. The predicted molar refractivity (Wildman–Crippen MR) is 71.1 cm³/mol. The second-order valence-corrected chi connectivity index (χ2v) is 5.49. The average molecular weight is 245 g/mol. The van der Waals surface area contributed by atoms with Gasteiger partial charge in [0, 0.05) is 29.0 Å². The summed E-state index contributed by atoms with van der Waals surface area (Å²) in [4.78, 5) is 1.34. The van der Waals surface area contributed by atoms with Crippen molar-refractivity contribution < 1.29 is 5.11 Å². The van der Waals surface area contributed by atoms with E-state index in [1.807, 2.05) is 18.7 Å². The van der Waals surface area contributed by atoms with Crippen molar-refractivity contribution in [3.63, 3.8) is 0 Å². The molecule has 1 aromatic carbocycles. The number of hydrogen-bond donors (Lipinski definition) is 1. The molecule has 0 bridgehead atoms. The molecule has 2 heterocycles. The summed E-state index contributed by atoms with van der Waals surface area (Å²) in [5, 5.41) is 9.55. The highest BCUT2D eigenvalue weighted by molar-refractivity contribution is 7.98. The number of aliphatic hydroxyl groups is 1. The van der Waals surface area contributed by atoms with Crippen molar-refractivity contribution in [3.8, 4) is 11.3 Å². The molecule has 0 radical (unpaired) electrons. The lowest BCUT2D eigenvalue weighted by molar-refractivity contribution is 0.174. The maximum absolute atomic E-state index is 9.55. The Morgan fingerprint density at radius 1 is 1.35 bits per heavy atom. The summed E-state index contributed by atoms with van der Waals surface area (Å²) in [6.45, 7) is 2.49. The molecule has 2 nitrogen and oxygen atoms in total. The molecule has 1 aliphatic heterocycles. The fourth-order valence-electron chi connectivity index (χ4n) is 2.34. The topological polar surface area (TPSA) is 25.2 Å². The molecule has 3 heteroatoms. The lowest BCUT2D eigenvalue weighted by Crippen LogP contribution is -2.12. The third kappa shape index (κ3) is 1.90. The smallest absolute Gasteiger partial charge is 0.0691 e. The van der Waals surface area contributed by atoms with Crippen LogP contribution in [0.15, 0.2) is 41.4 Å². The van der Waals surface area contributed by atoms with E-state index in [2.05, 4.69) is 41.1 Å². The van der Waals surface area contributed by atoms with Gasteiger partial charge < -0.3 is 9.67 Å². The molecule has 1 aromatic heterocycles. The van der Waals surface area contributed by atoms with Gasteiger partial charge in [-0.1, -0.05) is 18.2 Å². The van der Waals surface area contributed by atoms with Crippen LogP contribution in [0.25, 0.3) is 11.3 Å². The Labute approximate surface area is 105 Å². The number of aromatic nitrogens is 1. The van der Waals surface area contributed by atoms with Gasteiger partial charge in [0.1, 0.15) is 0 Å². The number of aliphatic hydroxyl groups excluding tert-OH is 1. The van der Waals surface area contributed by atoms with Crippen molar-refractivity contribution >= 4 is 11.8 Å². The molecule has 1 atom stereocenters. The molecule has 17 heavy (non-hydrogen) atoms. The van der Waals surface area contributed by atoms with E-state index in [-0.39, 0.29) is 6.10 Å². The highest BCUT2D eigenvalue weighted by Gasteiger charge is 2.20. The zero-order chi connectivity index (χ0) is 11.8. The van der Waals surface area contributed by atoms with Crippen LogP contribution in [-0.2, 0) is 12.3 Å². The van der Waals surface area contributed by atoms with Crippen LogP contribution in [0.1, 0.15) is 12.5 Å². The molecule has 0 aliphatic carbocycles. The number of hydrogen-bond acceptors (Lipinski definition) is 2. The minimum atomic E-state index is -0.312. The zero-order valence-electron chi connectivity index (χ0n) is 9.76. The SMILES string of the molecule is CC(O)Cn1ccc2c1-c1ccccc1SC2. The molecule has 0 amide bonds. The number of nitrogens with zero attached hydrogens (tertiary/aromatic N) is 1. The second kappa shape index (κ2) is 4.24. The third-order valence-electron chi connectivity index (χ3n) is 3.03. The van der Waals surface area contributed by atoms with E-state index < -0.39 is 0 Å². The maximum Gasteiger partial charge on any atom is 0.0691 e. The lowest BCUT2D eigenvalue weighted by atomic mass is 10.1. The quantitative estimate of drug-likeness (QED) is 0.879. The van der Waals surface area contributed by atoms with Gasteiger partial charge in [0.15, 0.2) is 0 Å². The number of fused-ring (bicyclic) bond motifs is 3. The summed E-state index contributed by atoms with van der Waals surface area (Å²) in [5.41, 5.74) is 3.94. The minimum absolute atomic E-state index is 0.312. The lowest BCUT2D eigenvalue weighted by Gasteiger charge is -2.19. The summed E-state index contributed by atoms with van der Waals surface area (Å²) >= 11 is 1.89. The van der Waals surface area contributed by atoms with Crippen molar-refractivity contribution in [3.05, 3.63) is 42.1 Å². The molecule has 3 rings (SSSR count). The van der Waals surface area contributed by atoms with E-state index in [0.717, 1.165) is 5.75 Å².